The summed E-state index contributed by atoms with van der Waals surface area (Å²) in [6.45, 7) is 14.0. The first kappa shape index (κ1) is 61.6. The highest BCUT2D eigenvalue weighted by molar-refractivity contribution is 6.35. The number of fused-ring (bicyclic) bond motifs is 26. The molecule has 0 N–H and O–H groups in total. The number of aromatic nitrogens is 6. The molecule has 3 heterocycles. The number of hydrogen-bond donors (Lipinski definition) is 0. The molecule has 3 aliphatic rings. The van der Waals surface area contributed by atoms with Gasteiger partial charge in [-0.25, -0.2) is 29.9 Å². The zero-order valence-corrected chi connectivity index (χ0v) is 59.5. The molecule has 0 unspecified atom stereocenters. The van der Waals surface area contributed by atoms with Gasteiger partial charge >= 0.3 is 0 Å². The first-order chi connectivity index (χ1) is 51.8. The molecule has 19 aromatic rings. The van der Waals surface area contributed by atoms with E-state index in [9.17, 15) is 0 Å². The molecule has 7 heteroatoms. The van der Waals surface area contributed by atoms with E-state index in [4.69, 9.17) is 34.3 Å². The Hall–Kier alpha value is -13.1. The van der Waals surface area contributed by atoms with Gasteiger partial charge in [-0.05, 0) is 145 Å². The van der Waals surface area contributed by atoms with Crippen LogP contribution in [0.15, 0.2) is 308 Å². The van der Waals surface area contributed by atoms with Crippen molar-refractivity contribution in [1.29, 1.82) is 0 Å². The van der Waals surface area contributed by atoms with E-state index in [0.717, 1.165) is 71.5 Å². The van der Waals surface area contributed by atoms with Crippen LogP contribution in [0.5, 0.6) is 0 Å². The van der Waals surface area contributed by atoms with Crippen molar-refractivity contribution >= 4 is 86.6 Å². The average molecular weight is 1360 g/mol. The highest BCUT2D eigenvalue weighted by Gasteiger charge is 2.41. The summed E-state index contributed by atoms with van der Waals surface area (Å²) in [4.78, 5) is 31.1. The first-order valence-electron chi connectivity index (χ1n) is 36.7. The molecule has 22 rings (SSSR count). The van der Waals surface area contributed by atoms with Crippen LogP contribution in [0.2, 0.25) is 0 Å². The van der Waals surface area contributed by atoms with E-state index < -0.39 is 0 Å². The lowest BCUT2D eigenvalue weighted by Gasteiger charge is -2.24. The Morgan fingerprint density at radius 2 is 0.585 bits per heavy atom. The lowest BCUT2D eigenvalue weighted by molar-refractivity contribution is 0.660. The SMILES string of the molecule is CC1(C)c2ccccc2-c2c(-c3nc(-c4ccccc4)nc(-c4ccc5c(ccc6c7c(c8ccccc8c65)-c5ccccc5C7(C)C)c4)n3)cccc21.CC1(C)c2ccccc2-c2c(-c3nc(-c4ccccc4)nc(-c4ccc5c(ccc6c7oc8ccccc8c7c7ccccc7c56)c4)n3)cccc21. The van der Waals surface area contributed by atoms with Crippen LogP contribution in [0.4, 0.5) is 0 Å². The summed E-state index contributed by atoms with van der Waals surface area (Å²) >= 11 is 0. The molecule has 0 spiro atoms. The van der Waals surface area contributed by atoms with Gasteiger partial charge in [-0.1, -0.05) is 321 Å². The van der Waals surface area contributed by atoms with Crippen LogP contribution in [0.25, 0.3) is 188 Å². The molecule has 0 aliphatic heterocycles. The minimum Gasteiger partial charge on any atom is -0.455 e. The van der Waals surface area contributed by atoms with Gasteiger partial charge < -0.3 is 4.42 Å². The normalized spacial score (nSPS) is 14.0. The molecular weight excluding hydrogens is 1290 g/mol. The van der Waals surface area contributed by atoms with Crippen molar-refractivity contribution in [3.63, 3.8) is 0 Å². The summed E-state index contributed by atoms with van der Waals surface area (Å²) < 4.78 is 6.57. The smallest absolute Gasteiger partial charge is 0.164 e. The maximum atomic E-state index is 6.57. The molecule has 7 nitrogen and oxygen atoms in total. The molecule has 0 bridgehead atoms. The highest BCUT2D eigenvalue weighted by atomic mass is 16.3. The van der Waals surface area contributed by atoms with Gasteiger partial charge in [0.25, 0.3) is 0 Å². The van der Waals surface area contributed by atoms with Crippen molar-refractivity contribution in [2.45, 2.75) is 57.8 Å². The van der Waals surface area contributed by atoms with Crippen molar-refractivity contribution in [2.24, 2.45) is 0 Å². The molecule has 0 fully saturated rings. The van der Waals surface area contributed by atoms with Gasteiger partial charge in [0, 0.05) is 71.2 Å². The highest BCUT2D eigenvalue weighted by Crippen LogP contribution is 2.57. The van der Waals surface area contributed by atoms with Gasteiger partial charge in [0.15, 0.2) is 34.9 Å². The van der Waals surface area contributed by atoms with Gasteiger partial charge in [-0.15, -0.1) is 0 Å². The van der Waals surface area contributed by atoms with Crippen LogP contribution in [0.1, 0.15) is 74.9 Å². The number of rotatable bonds is 6. The van der Waals surface area contributed by atoms with Gasteiger partial charge in [0.1, 0.15) is 11.2 Å². The average Bonchev–Trinajstić information content (AvgIpc) is 1.53. The van der Waals surface area contributed by atoms with E-state index in [1.165, 1.54) is 115 Å². The summed E-state index contributed by atoms with van der Waals surface area (Å²) in [5.74, 6) is 3.99. The molecule has 0 atom stereocenters. The predicted octanol–water partition coefficient (Wildman–Crippen LogP) is 25.5. The Bertz CT molecular complexity index is 6990. The fourth-order valence-corrected chi connectivity index (χ4v) is 18.4. The second kappa shape index (κ2) is 22.9. The molecule has 0 radical (unpaired) electrons. The molecule has 16 aromatic carbocycles. The third-order valence-electron chi connectivity index (χ3n) is 23.4. The van der Waals surface area contributed by atoms with Crippen molar-refractivity contribution < 1.29 is 4.42 Å². The summed E-state index contributed by atoms with van der Waals surface area (Å²) in [5, 5.41) is 16.9. The Morgan fingerprint density at radius 3 is 1.10 bits per heavy atom. The largest absolute Gasteiger partial charge is 0.455 e. The molecule has 0 saturated carbocycles. The predicted molar refractivity (Wildman–Crippen MR) is 437 cm³/mol. The topological polar surface area (TPSA) is 90.5 Å². The molecule has 500 valence electrons. The number of furan rings is 1. The lowest BCUT2D eigenvalue weighted by atomic mass is 9.78. The van der Waals surface area contributed by atoms with Crippen LogP contribution in [-0.2, 0) is 16.2 Å². The van der Waals surface area contributed by atoms with Crippen molar-refractivity contribution in [3.8, 4) is 102 Å². The third kappa shape index (κ3) is 9.05. The van der Waals surface area contributed by atoms with Crippen LogP contribution in [0.3, 0.4) is 0 Å². The van der Waals surface area contributed by atoms with E-state index in [1.807, 2.05) is 42.5 Å². The fourth-order valence-electron chi connectivity index (χ4n) is 18.4. The molecule has 3 aromatic heterocycles. The van der Waals surface area contributed by atoms with Gasteiger partial charge in [0.2, 0.25) is 0 Å². The number of nitrogens with zero attached hydrogens (tertiary/aromatic N) is 6. The maximum Gasteiger partial charge on any atom is 0.164 e. The zero-order chi connectivity index (χ0) is 70.9. The quantitative estimate of drug-likeness (QED) is 0.153. The summed E-state index contributed by atoms with van der Waals surface area (Å²) in [6.07, 6.45) is 0. The van der Waals surface area contributed by atoms with Gasteiger partial charge in [0.05, 0.1) is 0 Å². The first-order valence-corrected chi connectivity index (χ1v) is 36.7. The Morgan fingerprint density at radius 1 is 0.226 bits per heavy atom. The van der Waals surface area contributed by atoms with Crippen LogP contribution >= 0.6 is 0 Å². The molecule has 106 heavy (non-hydrogen) atoms. The molecule has 0 amide bonds. The summed E-state index contributed by atoms with van der Waals surface area (Å²) in [7, 11) is 0. The van der Waals surface area contributed by atoms with Crippen LogP contribution in [0, 0.1) is 0 Å². The fraction of sp³-hybridized carbons (Fsp3) is 0.0909. The molecule has 3 aliphatic carbocycles. The maximum absolute atomic E-state index is 6.57. The van der Waals surface area contributed by atoms with Crippen molar-refractivity contribution in [1.82, 2.24) is 29.9 Å². The van der Waals surface area contributed by atoms with Crippen LogP contribution < -0.4 is 0 Å². The summed E-state index contributed by atoms with van der Waals surface area (Å²) in [5.41, 5.74) is 23.0. The van der Waals surface area contributed by atoms with Crippen LogP contribution in [-0.4, -0.2) is 29.9 Å². The number of benzene rings is 16. The summed E-state index contributed by atoms with van der Waals surface area (Å²) in [6, 6.07) is 108. The van der Waals surface area contributed by atoms with E-state index in [-0.39, 0.29) is 16.2 Å². The van der Waals surface area contributed by atoms with E-state index >= 15 is 0 Å². The zero-order valence-electron chi connectivity index (χ0n) is 59.5. The monoisotopic (exact) mass is 1360 g/mol. The van der Waals surface area contributed by atoms with Crippen molar-refractivity contribution in [2.75, 3.05) is 0 Å². The number of para-hydroxylation sites is 1. The minimum absolute atomic E-state index is 0.121. The minimum atomic E-state index is -0.126. The second-order valence-electron chi connectivity index (χ2n) is 30.3. The van der Waals surface area contributed by atoms with Gasteiger partial charge in [-0.3, -0.25) is 0 Å². The van der Waals surface area contributed by atoms with E-state index in [0.29, 0.717) is 34.9 Å². The lowest BCUT2D eigenvalue weighted by Crippen LogP contribution is -2.15. The Labute approximate surface area is 613 Å². The van der Waals surface area contributed by atoms with Crippen molar-refractivity contribution in [3.05, 3.63) is 337 Å². The van der Waals surface area contributed by atoms with Gasteiger partial charge in [-0.2, -0.15) is 0 Å². The molecule has 0 saturated heterocycles. The standard InChI is InChI=1S/C51H37N3.C48H31N3O/c1-50(2)40-22-12-10-19-36(40)44-39(21-14-24-42(44)50)49-53-47(30-15-6-5-7-16-30)52-48(54-49)32-26-27-33-31(29-32)25-28-38-43(33)34-17-8-9-18-35(34)45-37-20-11-13-23-41(37)51(3,4)46(38)45;1-48(2)38-20-10-8-17-34(38)42-37(19-12-21-39(42)48)47-50-45(28-13-4-3-5-14-28)49-46(51-47)30-24-25-31-29(27-30)23-26-36-41(31)32-15-6-7-16-33(32)43-35-18-9-11-22-40(35)52-44(36)43/h5-29H,1-4H3;3-27H,1-2H3. The number of hydrogen-bond acceptors (Lipinski definition) is 7. The Balaban J connectivity index is 0.000000136. The Kier molecular flexibility index (Phi) is 13.3. The molecular formula is C99H68N6O. The second-order valence-corrected chi connectivity index (χ2v) is 30.3. The third-order valence-corrected chi connectivity index (χ3v) is 23.4. The van der Waals surface area contributed by atoms with E-state index in [2.05, 4.69) is 302 Å². The van der Waals surface area contributed by atoms with E-state index in [1.54, 1.807) is 0 Å².